The quantitative estimate of drug-likeness (QED) is 0.691. The molecule has 9 heteroatoms. The first-order valence-corrected chi connectivity index (χ1v) is 5.81. The largest absolute Gasteiger partial charge is 2.00 e. The van der Waals surface area contributed by atoms with Crippen molar-refractivity contribution in [3.05, 3.63) is 58.1 Å². The van der Waals surface area contributed by atoms with E-state index in [2.05, 4.69) is 9.97 Å². The third-order valence-electron chi connectivity index (χ3n) is 1.86. The van der Waals surface area contributed by atoms with Crippen LogP contribution in [-0.4, -0.2) is 21.9 Å². The second kappa shape index (κ2) is 9.39. The van der Waals surface area contributed by atoms with E-state index >= 15 is 0 Å². The summed E-state index contributed by atoms with van der Waals surface area (Å²) in [5.74, 6) is -2.63. The standard InChI is InChI=1S/2C6H4ClNO2.Zn/c2*7-4-1-2-8-5(3-4)6(9)10;/h2*1-3H,(H,9,10);/q;;+2/p-2. The van der Waals surface area contributed by atoms with Gasteiger partial charge < -0.3 is 19.8 Å². The molecule has 0 spiro atoms. The summed E-state index contributed by atoms with van der Waals surface area (Å²) in [6, 6.07) is 5.45. The van der Waals surface area contributed by atoms with Gasteiger partial charge in [-0.15, -0.1) is 0 Å². The number of aromatic carboxylic acids is 2. The van der Waals surface area contributed by atoms with E-state index < -0.39 is 11.9 Å². The van der Waals surface area contributed by atoms with Crippen LogP contribution in [0.2, 0.25) is 10.0 Å². The zero-order valence-electron chi connectivity index (χ0n) is 10.5. The molecule has 0 bridgehead atoms. The minimum Gasteiger partial charge on any atom is -0.543 e. The smallest absolute Gasteiger partial charge is 0.543 e. The number of nitrogens with zero attached hydrogens (tertiary/aromatic N) is 2. The van der Waals surface area contributed by atoms with Gasteiger partial charge >= 0.3 is 19.5 Å². The Kier molecular flexibility index (Phi) is 8.70. The molecule has 0 N–H and O–H groups in total. The molecular formula is C12H6Cl2N2O4Zn. The minimum absolute atomic E-state index is 0. The van der Waals surface area contributed by atoms with E-state index in [1.165, 1.54) is 36.7 Å². The van der Waals surface area contributed by atoms with Crippen molar-refractivity contribution < 1.29 is 39.3 Å². The molecule has 6 nitrogen and oxygen atoms in total. The molecule has 0 saturated heterocycles. The Morgan fingerprint density at radius 3 is 1.38 bits per heavy atom. The minimum atomic E-state index is -1.32. The monoisotopic (exact) mass is 376 g/mol. The molecule has 0 aromatic carbocycles. The number of pyridine rings is 2. The zero-order chi connectivity index (χ0) is 15.1. The van der Waals surface area contributed by atoms with Crippen molar-refractivity contribution >= 4 is 35.1 Å². The van der Waals surface area contributed by atoms with Crippen molar-refractivity contribution in [2.24, 2.45) is 0 Å². The van der Waals surface area contributed by atoms with E-state index in [9.17, 15) is 19.8 Å². The number of halogens is 2. The summed E-state index contributed by atoms with van der Waals surface area (Å²) in [4.78, 5) is 27.2. The summed E-state index contributed by atoms with van der Waals surface area (Å²) < 4.78 is 0. The number of carbonyl (C=O) groups excluding carboxylic acids is 2. The fraction of sp³-hybridized carbons (Fsp3) is 0. The van der Waals surface area contributed by atoms with Crippen LogP contribution in [0.3, 0.4) is 0 Å². The van der Waals surface area contributed by atoms with E-state index in [0.29, 0.717) is 10.0 Å². The number of carboxylic acids is 2. The predicted octanol–water partition coefficient (Wildman–Crippen LogP) is 0.194. The molecule has 0 amide bonds. The normalized spacial score (nSPS) is 8.86. The van der Waals surface area contributed by atoms with Crippen molar-refractivity contribution in [3.63, 3.8) is 0 Å². The molecule has 21 heavy (non-hydrogen) atoms. The molecule has 2 aromatic rings. The summed E-state index contributed by atoms with van der Waals surface area (Å²) in [7, 11) is 0. The molecule has 2 rings (SSSR count). The first kappa shape index (κ1) is 19.4. The van der Waals surface area contributed by atoms with Gasteiger partial charge in [0, 0.05) is 22.4 Å². The summed E-state index contributed by atoms with van der Waals surface area (Å²) >= 11 is 10.9. The molecule has 0 unspecified atom stereocenters. The molecule has 0 aliphatic rings. The summed E-state index contributed by atoms with van der Waals surface area (Å²) in [6.45, 7) is 0. The molecule has 104 valence electrons. The Morgan fingerprint density at radius 1 is 0.857 bits per heavy atom. The summed E-state index contributed by atoms with van der Waals surface area (Å²) in [5, 5.41) is 20.9. The van der Waals surface area contributed by atoms with Gasteiger partial charge in [0.1, 0.15) is 0 Å². The van der Waals surface area contributed by atoms with E-state index in [1.807, 2.05) is 0 Å². The van der Waals surface area contributed by atoms with Crippen molar-refractivity contribution in [1.29, 1.82) is 0 Å². The predicted molar refractivity (Wildman–Crippen MR) is 67.2 cm³/mol. The SMILES string of the molecule is O=C([O-])c1cc(Cl)ccn1.O=C([O-])c1cc(Cl)ccn1.[Zn+2]. The number of hydrogen-bond acceptors (Lipinski definition) is 6. The Morgan fingerprint density at radius 2 is 1.19 bits per heavy atom. The number of hydrogen-bond donors (Lipinski definition) is 0. The fourth-order valence-electron chi connectivity index (χ4n) is 1.03. The van der Waals surface area contributed by atoms with Crippen LogP contribution < -0.4 is 10.2 Å². The molecule has 0 aliphatic carbocycles. The van der Waals surface area contributed by atoms with Crippen molar-refractivity contribution in [1.82, 2.24) is 9.97 Å². The van der Waals surface area contributed by atoms with Gasteiger partial charge in [-0.05, 0) is 24.3 Å². The summed E-state index contributed by atoms with van der Waals surface area (Å²) in [5.41, 5.74) is -0.292. The maximum absolute atomic E-state index is 10.1. The molecule has 2 heterocycles. The Labute approximate surface area is 142 Å². The molecule has 2 aromatic heterocycles. The van der Waals surface area contributed by atoms with Crippen LogP contribution in [0.15, 0.2) is 36.7 Å². The first-order chi connectivity index (χ1) is 9.40. The van der Waals surface area contributed by atoms with Gasteiger partial charge in [0.15, 0.2) is 0 Å². The van der Waals surface area contributed by atoms with Gasteiger partial charge in [0.05, 0.1) is 23.3 Å². The topological polar surface area (TPSA) is 106 Å². The van der Waals surface area contributed by atoms with E-state index in [4.69, 9.17) is 23.2 Å². The molecule has 0 aliphatic heterocycles. The van der Waals surface area contributed by atoms with Gasteiger partial charge in [-0.2, -0.15) is 0 Å². The van der Waals surface area contributed by atoms with E-state index in [-0.39, 0.29) is 30.9 Å². The van der Waals surface area contributed by atoms with Gasteiger partial charge in [0.25, 0.3) is 0 Å². The summed E-state index contributed by atoms with van der Waals surface area (Å²) in [6.07, 6.45) is 2.63. The van der Waals surface area contributed by atoms with E-state index in [1.54, 1.807) is 0 Å². The average Bonchev–Trinajstić information content (AvgIpc) is 2.39. The number of carbonyl (C=O) groups is 2. The van der Waals surface area contributed by atoms with Crippen LogP contribution in [-0.2, 0) is 19.5 Å². The zero-order valence-corrected chi connectivity index (χ0v) is 14.9. The van der Waals surface area contributed by atoms with Gasteiger partial charge in [-0.1, -0.05) is 23.2 Å². The maximum atomic E-state index is 10.1. The van der Waals surface area contributed by atoms with E-state index in [0.717, 1.165) is 0 Å². The van der Waals surface area contributed by atoms with Crippen LogP contribution >= 0.6 is 23.2 Å². The van der Waals surface area contributed by atoms with Gasteiger partial charge in [-0.3, -0.25) is 9.97 Å². The third kappa shape index (κ3) is 7.13. The fourth-order valence-corrected chi connectivity index (χ4v) is 1.35. The molecular weight excluding hydrogens is 372 g/mol. The Balaban J connectivity index is 0.000000364. The Bertz CT molecular complexity index is 585. The Hall–Kier alpha value is -1.56. The van der Waals surface area contributed by atoms with Crippen molar-refractivity contribution in [3.8, 4) is 0 Å². The second-order valence-electron chi connectivity index (χ2n) is 3.29. The van der Waals surface area contributed by atoms with Crippen LogP contribution in [0.5, 0.6) is 0 Å². The van der Waals surface area contributed by atoms with Crippen LogP contribution in [0.1, 0.15) is 21.0 Å². The molecule has 0 atom stereocenters. The average molecular weight is 378 g/mol. The number of rotatable bonds is 2. The number of carboxylic acid groups (broad SMARTS) is 2. The van der Waals surface area contributed by atoms with Gasteiger partial charge in [-0.25, -0.2) is 0 Å². The van der Waals surface area contributed by atoms with Crippen molar-refractivity contribution in [2.45, 2.75) is 0 Å². The first-order valence-electron chi connectivity index (χ1n) is 5.06. The third-order valence-corrected chi connectivity index (χ3v) is 2.33. The van der Waals surface area contributed by atoms with Crippen LogP contribution in [0.25, 0.3) is 0 Å². The van der Waals surface area contributed by atoms with Gasteiger partial charge in [0.2, 0.25) is 0 Å². The number of aromatic nitrogens is 2. The van der Waals surface area contributed by atoms with Crippen molar-refractivity contribution in [2.75, 3.05) is 0 Å². The second-order valence-corrected chi connectivity index (χ2v) is 4.17. The van der Waals surface area contributed by atoms with Crippen LogP contribution in [0, 0.1) is 0 Å². The molecule has 0 saturated carbocycles. The maximum Gasteiger partial charge on any atom is 2.00 e. The molecule has 0 radical (unpaired) electrons. The van der Waals surface area contributed by atoms with Crippen LogP contribution in [0.4, 0.5) is 0 Å². The molecule has 0 fully saturated rings.